The average Bonchev–Trinajstić information content (AvgIpc) is 2.03. The number of rotatable bonds is 4. The molecule has 0 heterocycles. The third kappa shape index (κ3) is 3.96. The van der Waals surface area contributed by atoms with Crippen LogP contribution in [0.2, 0.25) is 0 Å². The van der Waals surface area contributed by atoms with E-state index in [2.05, 4.69) is 4.72 Å². The van der Waals surface area contributed by atoms with Gasteiger partial charge >= 0.3 is 5.97 Å². The SMILES string of the molecule is Cc1cccc(SNCC(=O)O)c1. The Labute approximate surface area is 81.3 Å². The molecule has 3 nitrogen and oxygen atoms in total. The molecule has 1 aromatic rings. The van der Waals surface area contributed by atoms with Crippen LogP contribution in [0.3, 0.4) is 0 Å². The highest BCUT2D eigenvalue weighted by Gasteiger charge is 1.97. The maximum atomic E-state index is 10.2. The Morgan fingerprint density at radius 3 is 3.00 bits per heavy atom. The summed E-state index contributed by atoms with van der Waals surface area (Å²) in [5, 5.41) is 8.37. The zero-order valence-corrected chi connectivity index (χ0v) is 8.10. The van der Waals surface area contributed by atoms with Crippen LogP contribution in [0.25, 0.3) is 0 Å². The van der Waals surface area contributed by atoms with Crippen molar-refractivity contribution in [2.75, 3.05) is 6.54 Å². The van der Waals surface area contributed by atoms with Gasteiger partial charge < -0.3 is 5.11 Å². The van der Waals surface area contributed by atoms with Gasteiger partial charge in [0.05, 0.1) is 0 Å². The van der Waals surface area contributed by atoms with Gasteiger partial charge in [-0.25, -0.2) is 4.72 Å². The van der Waals surface area contributed by atoms with Crippen molar-refractivity contribution in [2.45, 2.75) is 11.8 Å². The second kappa shape index (κ2) is 4.89. The van der Waals surface area contributed by atoms with E-state index in [4.69, 9.17) is 5.11 Å². The molecule has 0 aromatic heterocycles. The van der Waals surface area contributed by atoms with Crippen molar-refractivity contribution in [3.05, 3.63) is 29.8 Å². The molecule has 13 heavy (non-hydrogen) atoms. The topological polar surface area (TPSA) is 49.3 Å². The lowest BCUT2D eigenvalue weighted by Crippen LogP contribution is -2.15. The fraction of sp³-hybridized carbons (Fsp3) is 0.222. The summed E-state index contributed by atoms with van der Waals surface area (Å²) in [7, 11) is 0. The molecule has 70 valence electrons. The highest BCUT2D eigenvalue weighted by Crippen LogP contribution is 2.14. The molecule has 0 aliphatic heterocycles. The van der Waals surface area contributed by atoms with Crippen LogP contribution in [0.5, 0.6) is 0 Å². The summed E-state index contributed by atoms with van der Waals surface area (Å²) in [6, 6.07) is 7.88. The number of hydrogen-bond donors (Lipinski definition) is 2. The second-order valence-electron chi connectivity index (χ2n) is 2.63. The van der Waals surface area contributed by atoms with Crippen LogP contribution in [0.4, 0.5) is 0 Å². The van der Waals surface area contributed by atoms with Gasteiger partial charge in [0.2, 0.25) is 0 Å². The van der Waals surface area contributed by atoms with Crippen molar-refractivity contribution in [1.82, 2.24) is 4.72 Å². The molecule has 0 aliphatic rings. The van der Waals surface area contributed by atoms with E-state index < -0.39 is 5.97 Å². The van der Waals surface area contributed by atoms with E-state index in [0.29, 0.717) is 0 Å². The first-order chi connectivity index (χ1) is 6.18. The molecule has 0 spiro atoms. The molecule has 0 amide bonds. The van der Waals surface area contributed by atoms with E-state index >= 15 is 0 Å². The summed E-state index contributed by atoms with van der Waals surface area (Å²) in [4.78, 5) is 11.2. The predicted octanol–water partition coefficient (Wildman–Crippen LogP) is 1.68. The predicted molar refractivity (Wildman–Crippen MR) is 52.7 cm³/mol. The molecule has 0 saturated carbocycles. The van der Waals surface area contributed by atoms with Crippen LogP contribution in [0.15, 0.2) is 29.2 Å². The fourth-order valence-electron chi connectivity index (χ4n) is 0.860. The quantitative estimate of drug-likeness (QED) is 0.721. The lowest BCUT2D eigenvalue weighted by molar-refractivity contribution is -0.135. The average molecular weight is 197 g/mol. The smallest absolute Gasteiger partial charge is 0.318 e. The van der Waals surface area contributed by atoms with Crippen molar-refractivity contribution in [3.63, 3.8) is 0 Å². The third-order valence-corrected chi connectivity index (χ3v) is 2.18. The molecule has 0 unspecified atom stereocenters. The Morgan fingerprint density at radius 1 is 1.62 bits per heavy atom. The summed E-state index contributed by atoms with van der Waals surface area (Å²) in [6.45, 7) is 1.97. The van der Waals surface area contributed by atoms with Crippen LogP contribution in [0, 0.1) is 6.92 Å². The maximum absolute atomic E-state index is 10.2. The van der Waals surface area contributed by atoms with Crippen LogP contribution in [0.1, 0.15) is 5.56 Å². The zero-order valence-electron chi connectivity index (χ0n) is 7.28. The third-order valence-electron chi connectivity index (χ3n) is 1.40. The van der Waals surface area contributed by atoms with Gasteiger partial charge in [0.1, 0.15) is 6.54 Å². The molecular formula is C9H11NO2S. The minimum Gasteiger partial charge on any atom is -0.480 e. The van der Waals surface area contributed by atoms with Crippen molar-refractivity contribution in [1.29, 1.82) is 0 Å². The number of benzene rings is 1. The monoisotopic (exact) mass is 197 g/mol. The minimum absolute atomic E-state index is 0.0292. The molecule has 0 atom stereocenters. The second-order valence-corrected chi connectivity index (χ2v) is 3.60. The molecular weight excluding hydrogens is 186 g/mol. The first kappa shape index (κ1) is 10.1. The Bertz CT molecular complexity index is 301. The number of carboxylic acid groups (broad SMARTS) is 1. The molecule has 0 radical (unpaired) electrons. The van der Waals surface area contributed by atoms with Crippen molar-refractivity contribution in [2.24, 2.45) is 0 Å². The molecule has 2 N–H and O–H groups in total. The van der Waals surface area contributed by atoms with E-state index in [0.717, 1.165) is 4.90 Å². The summed E-state index contributed by atoms with van der Waals surface area (Å²) < 4.78 is 2.75. The molecule has 0 aliphatic carbocycles. The highest BCUT2D eigenvalue weighted by molar-refractivity contribution is 7.97. The normalized spacial score (nSPS) is 9.92. The summed E-state index contributed by atoms with van der Waals surface area (Å²) in [5.74, 6) is -0.847. The highest BCUT2D eigenvalue weighted by atomic mass is 32.2. The summed E-state index contributed by atoms with van der Waals surface area (Å²) in [5.41, 5.74) is 1.17. The van der Waals surface area contributed by atoms with Gasteiger partial charge in [-0.3, -0.25) is 4.79 Å². The van der Waals surface area contributed by atoms with E-state index in [9.17, 15) is 4.79 Å². The van der Waals surface area contributed by atoms with Crippen LogP contribution >= 0.6 is 11.9 Å². The Hall–Kier alpha value is -1.00. The van der Waals surface area contributed by atoms with E-state index in [-0.39, 0.29) is 6.54 Å². The number of aryl methyl sites for hydroxylation is 1. The van der Waals surface area contributed by atoms with Gasteiger partial charge in [0, 0.05) is 4.90 Å². The Morgan fingerprint density at radius 2 is 2.38 bits per heavy atom. The number of nitrogens with one attached hydrogen (secondary N) is 1. The van der Waals surface area contributed by atoms with E-state index in [1.165, 1.54) is 17.5 Å². The maximum Gasteiger partial charge on any atom is 0.318 e. The van der Waals surface area contributed by atoms with Gasteiger partial charge in [-0.1, -0.05) is 12.1 Å². The Kier molecular flexibility index (Phi) is 3.79. The molecule has 0 bridgehead atoms. The van der Waals surface area contributed by atoms with Crippen LogP contribution in [-0.2, 0) is 4.79 Å². The number of carbonyl (C=O) groups is 1. The largest absolute Gasteiger partial charge is 0.480 e. The standard InChI is InChI=1S/C9H11NO2S/c1-7-3-2-4-8(5-7)13-10-6-9(11)12/h2-5,10H,6H2,1H3,(H,11,12). The van der Waals surface area contributed by atoms with Crippen molar-refractivity contribution >= 4 is 17.9 Å². The molecule has 1 rings (SSSR count). The first-order valence-electron chi connectivity index (χ1n) is 3.86. The van der Waals surface area contributed by atoms with E-state index in [1.54, 1.807) is 0 Å². The number of aliphatic carboxylic acids is 1. The van der Waals surface area contributed by atoms with E-state index in [1.807, 2.05) is 31.2 Å². The fourth-order valence-corrected chi connectivity index (χ4v) is 1.61. The van der Waals surface area contributed by atoms with Crippen LogP contribution in [-0.4, -0.2) is 17.6 Å². The van der Waals surface area contributed by atoms with Gasteiger partial charge in [-0.2, -0.15) is 0 Å². The lowest BCUT2D eigenvalue weighted by atomic mass is 10.2. The van der Waals surface area contributed by atoms with Crippen LogP contribution < -0.4 is 4.72 Å². The van der Waals surface area contributed by atoms with Gasteiger partial charge in [-0.15, -0.1) is 0 Å². The number of carboxylic acids is 1. The molecule has 0 saturated heterocycles. The lowest BCUT2D eigenvalue weighted by Gasteiger charge is -2.01. The molecule has 4 heteroatoms. The molecule has 1 aromatic carbocycles. The van der Waals surface area contributed by atoms with Crippen molar-refractivity contribution < 1.29 is 9.90 Å². The molecule has 0 fully saturated rings. The Balaban J connectivity index is 2.41. The van der Waals surface area contributed by atoms with Gasteiger partial charge in [-0.05, 0) is 36.6 Å². The summed E-state index contributed by atoms with van der Waals surface area (Å²) >= 11 is 1.33. The first-order valence-corrected chi connectivity index (χ1v) is 4.68. The number of hydrogen-bond acceptors (Lipinski definition) is 3. The summed E-state index contributed by atoms with van der Waals surface area (Å²) in [6.07, 6.45) is 0. The van der Waals surface area contributed by atoms with Crippen molar-refractivity contribution in [3.8, 4) is 0 Å². The minimum atomic E-state index is -0.847. The van der Waals surface area contributed by atoms with Gasteiger partial charge in [0.15, 0.2) is 0 Å². The zero-order chi connectivity index (χ0) is 9.68. The van der Waals surface area contributed by atoms with Gasteiger partial charge in [0.25, 0.3) is 0 Å².